The van der Waals surface area contributed by atoms with Crippen LogP contribution in [0.4, 0.5) is 0 Å². The fraction of sp³-hybridized carbons (Fsp3) is 0.949. The Kier molecular flexibility index (Phi) is 37.2. The van der Waals surface area contributed by atoms with Crippen molar-refractivity contribution in [2.24, 2.45) is 0 Å². The van der Waals surface area contributed by atoms with Gasteiger partial charge >= 0.3 is 11.9 Å². The van der Waals surface area contributed by atoms with E-state index in [2.05, 4.69) is 32.1 Å². The van der Waals surface area contributed by atoms with Crippen molar-refractivity contribution in [2.75, 3.05) is 47.5 Å². The van der Waals surface area contributed by atoms with Crippen molar-refractivity contribution in [2.45, 2.75) is 194 Å². The molecule has 0 saturated carbocycles. The summed E-state index contributed by atoms with van der Waals surface area (Å²) in [6.07, 6.45) is 35.1. The van der Waals surface area contributed by atoms with Gasteiger partial charge in [0.05, 0.1) is 21.2 Å². The maximum absolute atomic E-state index is 12.1. The summed E-state index contributed by atoms with van der Waals surface area (Å²) in [7, 11) is 0.591. The number of esters is 2. The SMILES string of the molecule is CCCCCCCCCCCCCCCC(=O)OCC[N+](C)(C)CCOC(=O)CCCCCCCCCCCCCCC.COS(=O)(=O)[O-]. The lowest BCUT2D eigenvalue weighted by atomic mass is 10.0. The Morgan fingerprint density at radius 1 is 0.490 bits per heavy atom. The molecule has 0 aliphatic heterocycles. The molecule has 294 valence electrons. The number of carbonyl (C=O) groups is 2. The highest BCUT2D eigenvalue weighted by Gasteiger charge is 2.17. The molecule has 0 bridgehead atoms. The number of unbranched alkanes of at least 4 members (excludes halogenated alkanes) is 24. The summed E-state index contributed by atoms with van der Waals surface area (Å²) in [6.45, 7) is 6.87. The molecule has 0 unspecified atom stereocenters. The normalized spacial score (nSPS) is 11.6. The predicted molar refractivity (Wildman–Crippen MR) is 201 cm³/mol. The Bertz CT molecular complexity index is 785. The van der Waals surface area contributed by atoms with Crippen molar-refractivity contribution in [3.05, 3.63) is 0 Å². The van der Waals surface area contributed by atoms with E-state index in [1.165, 1.54) is 141 Å². The number of likely N-dealkylation sites (N-methyl/N-ethyl adjacent to an activating group) is 1. The Balaban J connectivity index is 0. The third-order valence-electron chi connectivity index (χ3n) is 9.09. The van der Waals surface area contributed by atoms with Gasteiger partial charge in [0.1, 0.15) is 26.3 Å². The smallest absolute Gasteiger partial charge is 0.305 e. The molecule has 0 heterocycles. The van der Waals surface area contributed by atoms with Gasteiger partial charge in [-0.15, -0.1) is 0 Å². The van der Waals surface area contributed by atoms with Gasteiger partial charge in [0.2, 0.25) is 10.4 Å². The van der Waals surface area contributed by atoms with Crippen molar-refractivity contribution in [3.8, 4) is 0 Å². The first kappa shape index (κ1) is 49.9. The van der Waals surface area contributed by atoms with E-state index in [-0.39, 0.29) is 11.9 Å². The van der Waals surface area contributed by atoms with Gasteiger partial charge in [0.15, 0.2) is 0 Å². The van der Waals surface area contributed by atoms with E-state index in [1.807, 2.05) is 0 Å². The van der Waals surface area contributed by atoms with E-state index in [0.29, 0.717) is 30.5 Å². The molecule has 0 atom stereocenters. The average molecular weight is 722 g/mol. The van der Waals surface area contributed by atoms with Crippen LogP contribution in [0.25, 0.3) is 0 Å². The number of nitrogens with zero attached hydrogens (tertiary/aromatic N) is 1. The summed E-state index contributed by atoms with van der Waals surface area (Å²) in [5, 5.41) is 0. The number of hydrogen-bond donors (Lipinski definition) is 0. The highest BCUT2D eigenvalue weighted by Crippen LogP contribution is 2.14. The minimum Gasteiger partial charge on any atom is -0.726 e. The summed E-state index contributed by atoms with van der Waals surface area (Å²) in [4.78, 5) is 24.2. The van der Waals surface area contributed by atoms with Crippen molar-refractivity contribution < 1.29 is 40.7 Å². The van der Waals surface area contributed by atoms with Crippen LogP contribution in [-0.2, 0) is 33.6 Å². The number of carbonyl (C=O) groups excluding carboxylic acids is 2. The van der Waals surface area contributed by atoms with Crippen LogP contribution in [0.5, 0.6) is 0 Å². The third-order valence-corrected chi connectivity index (χ3v) is 9.50. The quantitative estimate of drug-likeness (QED) is 0.0209. The van der Waals surface area contributed by atoms with E-state index < -0.39 is 10.4 Å². The molecule has 0 aromatic carbocycles. The molecule has 0 N–H and O–H groups in total. The van der Waals surface area contributed by atoms with Gasteiger partial charge in [-0.3, -0.25) is 13.8 Å². The second-order valence-corrected chi connectivity index (χ2v) is 15.5. The monoisotopic (exact) mass is 722 g/mol. The Labute approximate surface area is 303 Å². The number of ether oxygens (including phenoxy) is 2. The predicted octanol–water partition coefficient (Wildman–Crippen LogP) is 10.2. The van der Waals surface area contributed by atoms with E-state index in [1.54, 1.807) is 0 Å². The highest BCUT2D eigenvalue weighted by molar-refractivity contribution is 7.80. The zero-order chi connectivity index (χ0) is 36.9. The Morgan fingerprint density at radius 3 is 0.939 bits per heavy atom. The first-order valence-corrected chi connectivity index (χ1v) is 21.5. The molecule has 0 radical (unpaired) electrons. The van der Waals surface area contributed by atoms with Crippen LogP contribution < -0.4 is 0 Å². The molecule has 9 nitrogen and oxygen atoms in total. The highest BCUT2D eigenvalue weighted by atomic mass is 32.3. The van der Waals surface area contributed by atoms with Gasteiger partial charge in [-0.1, -0.05) is 168 Å². The van der Waals surface area contributed by atoms with Gasteiger partial charge in [0, 0.05) is 12.8 Å². The van der Waals surface area contributed by atoms with Crippen LogP contribution in [0, 0.1) is 0 Å². The fourth-order valence-electron chi connectivity index (χ4n) is 5.64. The zero-order valence-electron chi connectivity index (χ0n) is 32.7. The molecule has 0 rings (SSSR count). The van der Waals surface area contributed by atoms with Crippen molar-refractivity contribution in [1.29, 1.82) is 0 Å². The maximum atomic E-state index is 12.1. The van der Waals surface area contributed by atoms with Crippen LogP contribution in [0.1, 0.15) is 194 Å². The van der Waals surface area contributed by atoms with E-state index in [0.717, 1.165) is 45.9 Å². The van der Waals surface area contributed by atoms with Crippen LogP contribution >= 0.6 is 0 Å². The van der Waals surface area contributed by atoms with E-state index in [9.17, 15) is 22.6 Å². The van der Waals surface area contributed by atoms with Crippen LogP contribution in [0.3, 0.4) is 0 Å². The van der Waals surface area contributed by atoms with Crippen LogP contribution in [-0.4, -0.2) is 76.9 Å². The van der Waals surface area contributed by atoms with Crippen molar-refractivity contribution in [3.63, 3.8) is 0 Å². The molecule has 49 heavy (non-hydrogen) atoms. The molecule has 0 aromatic heterocycles. The largest absolute Gasteiger partial charge is 0.726 e. The molecular weight excluding hydrogens is 642 g/mol. The van der Waals surface area contributed by atoms with Crippen LogP contribution in [0.15, 0.2) is 0 Å². The average Bonchev–Trinajstić information content (AvgIpc) is 3.05. The number of quaternary nitrogens is 1. The van der Waals surface area contributed by atoms with Gasteiger partial charge in [-0.25, -0.2) is 8.42 Å². The second kappa shape index (κ2) is 36.6. The standard InChI is InChI=1S/C38H76NO4.CH4O4S/c1-5-7-9-11-13-15-17-19-21-23-25-27-29-31-37(40)42-35-33-39(3,4)34-36-43-38(41)32-30-28-26-24-22-20-18-16-14-12-10-8-6-2;1-5-6(2,3)4/h5-36H2,1-4H3;1H3,(H,2,3,4)/q+1;/p-1. The van der Waals surface area contributed by atoms with Crippen molar-refractivity contribution >= 4 is 22.3 Å². The first-order valence-electron chi connectivity index (χ1n) is 20.1. The Morgan fingerprint density at radius 2 is 0.714 bits per heavy atom. The molecule has 0 saturated heterocycles. The van der Waals surface area contributed by atoms with Gasteiger partial charge in [-0.2, -0.15) is 0 Å². The molecular formula is C39H79NO8S. The summed E-state index contributed by atoms with van der Waals surface area (Å²) in [6, 6.07) is 0. The lowest BCUT2D eigenvalue weighted by molar-refractivity contribution is -0.890. The third kappa shape index (κ3) is 44.7. The summed E-state index contributed by atoms with van der Waals surface area (Å²) in [5.41, 5.74) is 0. The fourth-order valence-corrected chi connectivity index (χ4v) is 5.64. The molecule has 0 fully saturated rings. The van der Waals surface area contributed by atoms with Crippen molar-refractivity contribution in [1.82, 2.24) is 0 Å². The molecule has 0 aliphatic carbocycles. The maximum Gasteiger partial charge on any atom is 0.305 e. The van der Waals surface area contributed by atoms with Crippen LogP contribution in [0.2, 0.25) is 0 Å². The number of hydrogen-bond acceptors (Lipinski definition) is 8. The van der Waals surface area contributed by atoms with Gasteiger partial charge in [0.25, 0.3) is 0 Å². The molecule has 0 amide bonds. The van der Waals surface area contributed by atoms with Gasteiger partial charge in [-0.05, 0) is 12.8 Å². The first-order chi connectivity index (χ1) is 23.5. The molecule has 0 spiro atoms. The minimum atomic E-state index is -4.41. The van der Waals surface area contributed by atoms with E-state index >= 15 is 0 Å². The molecule has 0 aromatic rings. The summed E-state index contributed by atoms with van der Waals surface area (Å²) in [5.74, 6) is -0.153. The summed E-state index contributed by atoms with van der Waals surface area (Å²) >= 11 is 0. The van der Waals surface area contributed by atoms with Gasteiger partial charge < -0.3 is 18.5 Å². The van der Waals surface area contributed by atoms with E-state index in [4.69, 9.17) is 9.47 Å². The minimum absolute atomic E-state index is 0.0766. The molecule has 0 aliphatic rings. The second-order valence-electron chi connectivity index (χ2n) is 14.4. The summed E-state index contributed by atoms with van der Waals surface area (Å²) < 4.78 is 42.7. The lowest BCUT2D eigenvalue weighted by Crippen LogP contribution is -2.45. The Hall–Kier alpha value is -1.23. The number of rotatable bonds is 35. The molecule has 10 heteroatoms. The lowest BCUT2D eigenvalue weighted by Gasteiger charge is -2.29. The zero-order valence-corrected chi connectivity index (χ0v) is 33.6. The topological polar surface area (TPSA) is 119 Å².